The van der Waals surface area contributed by atoms with Crippen molar-refractivity contribution >= 4 is 22.3 Å². The maximum absolute atomic E-state index is 10.9. The van der Waals surface area contributed by atoms with Gasteiger partial charge in [0, 0.05) is 20.5 Å². The zero-order chi connectivity index (χ0) is 9.14. The van der Waals surface area contributed by atoms with Crippen LogP contribution in [0.3, 0.4) is 0 Å². The van der Waals surface area contributed by atoms with Gasteiger partial charge in [0.2, 0.25) is 0 Å². The predicted octanol–water partition coefficient (Wildman–Crippen LogP) is 1.80. The SMILES string of the molecule is CCN(C)c1ncc(C(C)=O)s1. The van der Waals surface area contributed by atoms with Gasteiger partial charge in [-0.05, 0) is 6.92 Å². The molecule has 0 saturated carbocycles. The molecule has 0 saturated heterocycles. The number of carbonyl (C=O) groups excluding carboxylic acids is 1. The molecular weight excluding hydrogens is 172 g/mol. The van der Waals surface area contributed by atoms with E-state index in [0.29, 0.717) is 0 Å². The van der Waals surface area contributed by atoms with Crippen LogP contribution in [0.25, 0.3) is 0 Å². The summed E-state index contributed by atoms with van der Waals surface area (Å²) in [6.07, 6.45) is 1.63. The van der Waals surface area contributed by atoms with E-state index in [9.17, 15) is 4.79 Å². The number of aromatic nitrogens is 1. The standard InChI is InChI=1S/C8H12N2OS/c1-4-10(3)8-9-5-7(12-8)6(2)11/h5H,4H2,1-3H3. The molecule has 0 spiro atoms. The molecule has 0 aliphatic heterocycles. The molecule has 0 unspecified atom stereocenters. The van der Waals surface area contributed by atoms with Crippen LogP contribution in [0.1, 0.15) is 23.5 Å². The van der Waals surface area contributed by atoms with Crippen molar-refractivity contribution in [1.82, 2.24) is 4.98 Å². The molecule has 4 heteroatoms. The average molecular weight is 184 g/mol. The normalized spacial score (nSPS) is 9.92. The molecule has 66 valence electrons. The van der Waals surface area contributed by atoms with E-state index in [4.69, 9.17) is 0 Å². The van der Waals surface area contributed by atoms with Crippen molar-refractivity contribution in [2.75, 3.05) is 18.5 Å². The molecule has 0 N–H and O–H groups in total. The van der Waals surface area contributed by atoms with E-state index in [2.05, 4.69) is 11.9 Å². The highest BCUT2D eigenvalue weighted by Gasteiger charge is 2.07. The number of carbonyl (C=O) groups is 1. The van der Waals surface area contributed by atoms with E-state index in [1.807, 2.05) is 11.9 Å². The van der Waals surface area contributed by atoms with Gasteiger partial charge in [0.05, 0.1) is 11.1 Å². The van der Waals surface area contributed by atoms with E-state index >= 15 is 0 Å². The van der Waals surface area contributed by atoms with Crippen LogP contribution in [0.4, 0.5) is 5.13 Å². The molecule has 0 aliphatic rings. The molecule has 0 amide bonds. The molecule has 0 bridgehead atoms. The van der Waals surface area contributed by atoms with Crippen molar-refractivity contribution in [2.24, 2.45) is 0 Å². The van der Waals surface area contributed by atoms with Crippen LogP contribution < -0.4 is 4.90 Å². The average Bonchev–Trinajstić information content (AvgIpc) is 2.51. The molecule has 1 aromatic rings. The summed E-state index contributed by atoms with van der Waals surface area (Å²) in [5.74, 6) is 0.0863. The predicted molar refractivity (Wildman–Crippen MR) is 51.1 cm³/mol. The number of anilines is 1. The van der Waals surface area contributed by atoms with Crippen molar-refractivity contribution in [1.29, 1.82) is 0 Å². The molecule has 1 rings (SSSR count). The Morgan fingerprint density at radius 1 is 1.75 bits per heavy atom. The van der Waals surface area contributed by atoms with Crippen LogP contribution in [0, 0.1) is 0 Å². The molecule has 0 aromatic carbocycles. The number of ketones is 1. The second-order valence-corrected chi connectivity index (χ2v) is 3.59. The summed E-state index contributed by atoms with van der Waals surface area (Å²) in [6.45, 7) is 4.52. The van der Waals surface area contributed by atoms with Crippen LogP contribution in [-0.4, -0.2) is 24.4 Å². The molecular formula is C8H12N2OS. The van der Waals surface area contributed by atoms with Crippen molar-refractivity contribution in [3.05, 3.63) is 11.1 Å². The molecule has 0 radical (unpaired) electrons. The van der Waals surface area contributed by atoms with Crippen LogP contribution in [-0.2, 0) is 0 Å². The number of thiazole rings is 1. The lowest BCUT2D eigenvalue weighted by atomic mass is 10.4. The highest BCUT2D eigenvalue weighted by molar-refractivity contribution is 7.17. The maximum Gasteiger partial charge on any atom is 0.185 e. The Kier molecular flexibility index (Phi) is 2.81. The molecule has 3 nitrogen and oxygen atoms in total. The van der Waals surface area contributed by atoms with E-state index in [1.165, 1.54) is 11.3 Å². The lowest BCUT2D eigenvalue weighted by Crippen LogP contribution is -2.14. The topological polar surface area (TPSA) is 33.2 Å². The van der Waals surface area contributed by atoms with Crippen LogP contribution in [0.15, 0.2) is 6.20 Å². The second-order valence-electron chi connectivity index (χ2n) is 2.58. The Balaban J connectivity index is 2.84. The Bertz CT molecular complexity index is 282. The van der Waals surface area contributed by atoms with E-state index in [-0.39, 0.29) is 5.78 Å². The Labute approximate surface area is 76.0 Å². The maximum atomic E-state index is 10.9. The van der Waals surface area contributed by atoms with Gasteiger partial charge < -0.3 is 4.90 Å². The zero-order valence-corrected chi connectivity index (χ0v) is 8.31. The number of rotatable bonds is 3. The van der Waals surface area contributed by atoms with Gasteiger partial charge in [-0.1, -0.05) is 11.3 Å². The Morgan fingerprint density at radius 3 is 2.83 bits per heavy atom. The van der Waals surface area contributed by atoms with Gasteiger partial charge in [-0.15, -0.1) is 0 Å². The summed E-state index contributed by atoms with van der Waals surface area (Å²) in [5, 5.41) is 0.905. The quantitative estimate of drug-likeness (QED) is 0.672. The monoisotopic (exact) mass is 184 g/mol. The van der Waals surface area contributed by atoms with E-state index in [1.54, 1.807) is 13.1 Å². The van der Waals surface area contributed by atoms with Gasteiger partial charge in [0.15, 0.2) is 10.9 Å². The van der Waals surface area contributed by atoms with E-state index < -0.39 is 0 Å². The zero-order valence-electron chi connectivity index (χ0n) is 7.50. The number of nitrogens with zero attached hydrogens (tertiary/aromatic N) is 2. The van der Waals surface area contributed by atoms with Crippen LogP contribution >= 0.6 is 11.3 Å². The first-order chi connectivity index (χ1) is 5.65. The lowest BCUT2D eigenvalue weighted by molar-refractivity contribution is 0.102. The minimum absolute atomic E-state index is 0.0863. The third-order valence-electron chi connectivity index (χ3n) is 1.64. The first kappa shape index (κ1) is 9.19. The Morgan fingerprint density at radius 2 is 2.42 bits per heavy atom. The fourth-order valence-corrected chi connectivity index (χ4v) is 1.58. The summed E-state index contributed by atoms with van der Waals surface area (Å²) in [4.78, 5) is 17.8. The van der Waals surface area contributed by atoms with Gasteiger partial charge in [0.1, 0.15) is 0 Å². The van der Waals surface area contributed by atoms with Gasteiger partial charge >= 0.3 is 0 Å². The molecule has 0 fully saturated rings. The fraction of sp³-hybridized carbons (Fsp3) is 0.500. The lowest BCUT2D eigenvalue weighted by Gasteiger charge is -2.10. The van der Waals surface area contributed by atoms with Crippen molar-refractivity contribution < 1.29 is 4.79 Å². The molecule has 0 atom stereocenters. The van der Waals surface area contributed by atoms with Crippen molar-refractivity contribution in [3.63, 3.8) is 0 Å². The summed E-state index contributed by atoms with van der Waals surface area (Å²) in [5.41, 5.74) is 0. The minimum Gasteiger partial charge on any atom is -0.351 e. The van der Waals surface area contributed by atoms with Gasteiger partial charge in [0.25, 0.3) is 0 Å². The number of hydrogen-bond donors (Lipinski definition) is 0. The van der Waals surface area contributed by atoms with Crippen LogP contribution in [0.2, 0.25) is 0 Å². The highest BCUT2D eigenvalue weighted by Crippen LogP contribution is 2.21. The van der Waals surface area contributed by atoms with Gasteiger partial charge in [-0.25, -0.2) is 4.98 Å². The highest BCUT2D eigenvalue weighted by atomic mass is 32.1. The van der Waals surface area contributed by atoms with Crippen LogP contribution in [0.5, 0.6) is 0 Å². The molecule has 12 heavy (non-hydrogen) atoms. The molecule has 1 aromatic heterocycles. The summed E-state index contributed by atoms with van der Waals surface area (Å²) < 4.78 is 0. The number of Topliss-reactive ketones (excluding diaryl/α,β-unsaturated/α-hetero) is 1. The largest absolute Gasteiger partial charge is 0.351 e. The number of hydrogen-bond acceptors (Lipinski definition) is 4. The van der Waals surface area contributed by atoms with Crippen molar-refractivity contribution in [2.45, 2.75) is 13.8 Å². The molecule has 1 heterocycles. The van der Waals surface area contributed by atoms with Gasteiger partial charge in [-0.2, -0.15) is 0 Å². The van der Waals surface area contributed by atoms with Gasteiger partial charge in [-0.3, -0.25) is 4.79 Å². The fourth-order valence-electron chi connectivity index (χ4n) is 0.739. The molecule has 0 aliphatic carbocycles. The third kappa shape index (κ3) is 1.82. The van der Waals surface area contributed by atoms with E-state index in [0.717, 1.165) is 16.6 Å². The first-order valence-electron chi connectivity index (χ1n) is 3.83. The first-order valence-corrected chi connectivity index (χ1v) is 4.64. The summed E-state index contributed by atoms with van der Waals surface area (Å²) >= 11 is 1.44. The second kappa shape index (κ2) is 3.67. The Hall–Kier alpha value is -0.900. The summed E-state index contributed by atoms with van der Waals surface area (Å²) in [7, 11) is 1.96. The summed E-state index contributed by atoms with van der Waals surface area (Å²) in [6, 6.07) is 0. The van der Waals surface area contributed by atoms with Crippen molar-refractivity contribution in [3.8, 4) is 0 Å². The third-order valence-corrected chi connectivity index (χ3v) is 2.85. The smallest absolute Gasteiger partial charge is 0.185 e. The minimum atomic E-state index is 0.0863.